The molecule has 0 amide bonds. The first-order chi connectivity index (χ1) is 9.87. The lowest BCUT2D eigenvalue weighted by Gasteiger charge is -2.41. The largest absolute Gasteiger partial charge is 0.381 e. The van der Waals surface area contributed by atoms with Crippen LogP contribution >= 0.6 is 0 Å². The molecule has 0 radical (unpaired) electrons. The molecule has 0 bridgehead atoms. The Morgan fingerprint density at radius 2 is 2.10 bits per heavy atom. The zero-order valence-corrected chi connectivity index (χ0v) is 11.9. The number of hydrogen-bond acceptors (Lipinski definition) is 5. The van der Waals surface area contributed by atoms with Crippen LogP contribution in [0.25, 0.3) is 0 Å². The lowest BCUT2D eigenvalue weighted by molar-refractivity contribution is -0.0306. The summed E-state index contributed by atoms with van der Waals surface area (Å²) < 4.78 is 7.77. The van der Waals surface area contributed by atoms with Crippen molar-refractivity contribution in [1.82, 2.24) is 25.5 Å². The van der Waals surface area contributed by atoms with E-state index in [0.29, 0.717) is 17.5 Å². The lowest BCUT2D eigenvalue weighted by Crippen LogP contribution is -2.50. The first-order valence-corrected chi connectivity index (χ1v) is 7.95. The molecule has 1 aromatic rings. The molecule has 3 aliphatic rings. The highest BCUT2D eigenvalue weighted by Crippen LogP contribution is 2.44. The predicted octanol–water partition coefficient (Wildman–Crippen LogP) is 1.45. The molecular formula is C14H23N5O. The summed E-state index contributed by atoms with van der Waals surface area (Å²) >= 11 is 0. The van der Waals surface area contributed by atoms with Gasteiger partial charge in [-0.2, -0.15) is 0 Å². The molecule has 1 N–H and O–H groups in total. The Morgan fingerprint density at radius 1 is 1.25 bits per heavy atom. The third kappa shape index (κ3) is 2.24. The third-order valence-electron chi connectivity index (χ3n) is 5.24. The Labute approximate surface area is 119 Å². The molecule has 1 aromatic heterocycles. The number of tetrazole rings is 1. The van der Waals surface area contributed by atoms with Crippen molar-refractivity contribution in [3.8, 4) is 0 Å². The maximum Gasteiger partial charge on any atom is 0.165 e. The van der Waals surface area contributed by atoms with Gasteiger partial charge < -0.3 is 10.1 Å². The molecule has 1 unspecified atom stereocenters. The number of rotatable bonds is 4. The van der Waals surface area contributed by atoms with Crippen molar-refractivity contribution in [3.05, 3.63) is 5.82 Å². The van der Waals surface area contributed by atoms with Crippen LogP contribution in [0, 0.1) is 5.41 Å². The van der Waals surface area contributed by atoms with Gasteiger partial charge in [0, 0.05) is 18.1 Å². The normalized spacial score (nSPS) is 29.1. The topological polar surface area (TPSA) is 64.9 Å². The Hall–Kier alpha value is -1.01. The van der Waals surface area contributed by atoms with Crippen molar-refractivity contribution in [2.45, 2.75) is 63.6 Å². The van der Waals surface area contributed by atoms with Gasteiger partial charge in [0.2, 0.25) is 0 Å². The maximum atomic E-state index is 5.76. The molecule has 1 aliphatic heterocycles. The summed E-state index contributed by atoms with van der Waals surface area (Å²) in [5, 5.41) is 15.9. The average Bonchev–Trinajstić information content (AvgIpc) is 3.03. The van der Waals surface area contributed by atoms with Gasteiger partial charge in [-0.15, -0.1) is 5.10 Å². The van der Waals surface area contributed by atoms with E-state index in [-0.39, 0.29) is 0 Å². The predicted molar refractivity (Wildman–Crippen MR) is 73.1 cm³/mol. The van der Waals surface area contributed by atoms with Gasteiger partial charge in [-0.25, -0.2) is 4.68 Å². The Bertz CT molecular complexity index is 464. The van der Waals surface area contributed by atoms with Gasteiger partial charge in [-0.1, -0.05) is 12.8 Å². The monoisotopic (exact) mass is 277 g/mol. The van der Waals surface area contributed by atoms with Gasteiger partial charge in [0.05, 0.1) is 19.2 Å². The molecule has 2 saturated carbocycles. The van der Waals surface area contributed by atoms with E-state index in [0.717, 1.165) is 32.0 Å². The van der Waals surface area contributed by atoms with Crippen molar-refractivity contribution in [2.24, 2.45) is 5.41 Å². The van der Waals surface area contributed by atoms with Crippen molar-refractivity contribution in [1.29, 1.82) is 0 Å². The fourth-order valence-electron chi connectivity index (χ4n) is 3.92. The van der Waals surface area contributed by atoms with E-state index in [1.165, 1.54) is 38.5 Å². The Morgan fingerprint density at radius 3 is 2.90 bits per heavy atom. The minimum atomic E-state index is 0.371. The number of ether oxygens (including phenoxy) is 1. The highest BCUT2D eigenvalue weighted by Gasteiger charge is 2.43. The summed E-state index contributed by atoms with van der Waals surface area (Å²) in [6.45, 7) is 2.60. The molecule has 2 aliphatic carbocycles. The molecule has 0 aromatic carbocycles. The minimum Gasteiger partial charge on any atom is -0.381 e. The summed E-state index contributed by atoms with van der Waals surface area (Å²) in [6, 6.07) is 1.11. The van der Waals surface area contributed by atoms with E-state index in [4.69, 9.17) is 4.74 Å². The van der Waals surface area contributed by atoms with Gasteiger partial charge >= 0.3 is 0 Å². The first kappa shape index (κ1) is 12.7. The lowest BCUT2D eigenvalue weighted by atomic mass is 9.76. The number of nitrogens with one attached hydrogen (secondary N) is 1. The van der Waals surface area contributed by atoms with Crippen LogP contribution in [-0.4, -0.2) is 39.5 Å². The molecule has 4 rings (SSSR count). The molecule has 2 heterocycles. The Balaban J connectivity index is 1.43. The summed E-state index contributed by atoms with van der Waals surface area (Å²) in [6.07, 6.45) is 8.86. The average molecular weight is 277 g/mol. The summed E-state index contributed by atoms with van der Waals surface area (Å²) in [4.78, 5) is 0. The van der Waals surface area contributed by atoms with Gasteiger partial charge in [-0.3, -0.25) is 0 Å². The van der Waals surface area contributed by atoms with Gasteiger partial charge in [-0.05, 0) is 42.5 Å². The molecule has 6 heteroatoms. The molecule has 3 fully saturated rings. The molecule has 1 spiro atoms. The maximum absolute atomic E-state index is 5.76. The van der Waals surface area contributed by atoms with E-state index in [9.17, 15) is 0 Å². The van der Waals surface area contributed by atoms with Crippen LogP contribution in [0.2, 0.25) is 0 Å². The Kier molecular flexibility index (Phi) is 3.22. The van der Waals surface area contributed by atoms with Crippen molar-refractivity contribution in [3.63, 3.8) is 0 Å². The van der Waals surface area contributed by atoms with Crippen LogP contribution in [0.1, 0.15) is 56.8 Å². The van der Waals surface area contributed by atoms with Crippen LogP contribution in [0.3, 0.4) is 0 Å². The van der Waals surface area contributed by atoms with E-state index in [1.54, 1.807) is 0 Å². The van der Waals surface area contributed by atoms with Crippen LogP contribution in [0.15, 0.2) is 0 Å². The number of hydrogen-bond donors (Lipinski definition) is 1. The van der Waals surface area contributed by atoms with Crippen LogP contribution < -0.4 is 5.32 Å². The molecule has 6 nitrogen and oxygen atoms in total. The number of aromatic nitrogens is 4. The zero-order chi connectivity index (χ0) is 13.4. The van der Waals surface area contributed by atoms with Gasteiger partial charge in [0.25, 0.3) is 0 Å². The molecule has 1 saturated heterocycles. The van der Waals surface area contributed by atoms with Gasteiger partial charge in [0.15, 0.2) is 5.82 Å². The summed E-state index contributed by atoms with van der Waals surface area (Å²) in [5.41, 5.74) is 0.371. The van der Waals surface area contributed by atoms with Crippen LogP contribution in [0.5, 0.6) is 0 Å². The second kappa shape index (κ2) is 5.07. The third-order valence-corrected chi connectivity index (χ3v) is 5.24. The number of nitrogens with zero attached hydrogens (tertiary/aromatic N) is 4. The zero-order valence-electron chi connectivity index (χ0n) is 11.9. The van der Waals surface area contributed by atoms with E-state index in [2.05, 4.69) is 20.8 Å². The summed E-state index contributed by atoms with van der Waals surface area (Å²) in [5.74, 6) is 0.993. The second-order valence-corrected chi connectivity index (χ2v) is 6.62. The first-order valence-electron chi connectivity index (χ1n) is 7.95. The smallest absolute Gasteiger partial charge is 0.165 e. The van der Waals surface area contributed by atoms with Crippen LogP contribution in [-0.2, 0) is 11.3 Å². The second-order valence-electron chi connectivity index (χ2n) is 6.62. The summed E-state index contributed by atoms with van der Waals surface area (Å²) in [7, 11) is 0. The fraction of sp³-hybridized carbons (Fsp3) is 0.929. The quantitative estimate of drug-likeness (QED) is 0.902. The van der Waals surface area contributed by atoms with Crippen molar-refractivity contribution in [2.75, 3.05) is 13.2 Å². The van der Waals surface area contributed by atoms with Gasteiger partial charge in [0.1, 0.15) is 0 Å². The van der Waals surface area contributed by atoms with E-state index in [1.807, 2.05) is 4.68 Å². The molecule has 1 atom stereocenters. The fourth-order valence-corrected chi connectivity index (χ4v) is 3.92. The van der Waals surface area contributed by atoms with E-state index >= 15 is 0 Å². The SMILES string of the molecule is C1CCC2(C1)COCCC2NCc1nnnn1C1CC1. The molecule has 20 heavy (non-hydrogen) atoms. The minimum absolute atomic E-state index is 0.371. The van der Waals surface area contributed by atoms with Crippen molar-refractivity contribution < 1.29 is 4.74 Å². The molecular weight excluding hydrogens is 254 g/mol. The van der Waals surface area contributed by atoms with Crippen LogP contribution in [0.4, 0.5) is 0 Å². The standard InChI is InChI=1S/C14H23N5O/c1-2-7-14(6-1)10-20-8-5-12(14)15-9-13-16-17-18-19(13)11-3-4-11/h11-12,15H,1-10H2. The highest BCUT2D eigenvalue weighted by atomic mass is 16.5. The highest BCUT2D eigenvalue weighted by molar-refractivity contribution is 4.98. The van der Waals surface area contributed by atoms with Crippen molar-refractivity contribution >= 4 is 0 Å². The van der Waals surface area contributed by atoms with E-state index < -0.39 is 0 Å². The molecule has 110 valence electrons.